The van der Waals surface area contributed by atoms with Gasteiger partial charge in [0.05, 0.1) is 5.38 Å². The Morgan fingerprint density at radius 1 is 1.86 bits per heavy atom. The molecule has 0 bridgehead atoms. The van der Waals surface area contributed by atoms with Gasteiger partial charge in [-0.3, -0.25) is 0 Å². The molecule has 0 saturated carbocycles. The van der Waals surface area contributed by atoms with E-state index in [9.17, 15) is 0 Å². The van der Waals surface area contributed by atoms with Crippen LogP contribution in [-0.4, -0.2) is 11.3 Å². The maximum Gasteiger partial charge on any atom is 0.0675 e. The smallest absolute Gasteiger partial charge is 0.0675 e. The van der Waals surface area contributed by atoms with Gasteiger partial charge in [-0.15, -0.1) is 23.2 Å². The predicted molar refractivity (Wildman–Crippen MR) is 35.2 cm³/mol. The van der Waals surface area contributed by atoms with Crippen molar-refractivity contribution >= 4 is 23.2 Å². The summed E-state index contributed by atoms with van der Waals surface area (Å²) in [5, 5.41) is -0.0540. The lowest BCUT2D eigenvalue weighted by atomic mass is 10.3. The first-order chi connectivity index (χ1) is 3.18. The van der Waals surface area contributed by atoms with Crippen LogP contribution in [0.5, 0.6) is 0 Å². The minimum Gasteiger partial charge on any atom is -0.125 e. The molecule has 0 aromatic rings. The molecule has 0 spiro atoms. The summed E-state index contributed by atoms with van der Waals surface area (Å²) in [6, 6.07) is 0. The Hall–Kier alpha value is 0.320. The van der Waals surface area contributed by atoms with Gasteiger partial charge in [0.15, 0.2) is 0 Å². The maximum absolute atomic E-state index is 5.57. The number of hydrogen-bond acceptors (Lipinski definition) is 0. The third kappa shape index (κ3) is 2.95. The van der Waals surface area contributed by atoms with Crippen LogP contribution in [0.4, 0.5) is 0 Å². The molecule has 0 heterocycles. The van der Waals surface area contributed by atoms with Crippen LogP contribution in [0.25, 0.3) is 0 Å². The molecule has 42 valence electrons. The van der Waals surface area contributed by atoms with E-state index >= 15 is 0 Å². The first-order valence-electron chi connectivity index (χ1n) is 2.04. The highest BCUT2D eigenvalue weighted by Crippen LogP contribution is 2.07. The highest BCUT2D eigenvalue weighted by Gasteiger charge is 1.99. The fourth-order valence-electron chi connectivity index (χ4n) is 0.132. The van der Waals surface area contributed by atoms with Gasteiger partial charge in [-0.1, -0.05) is 12.2 Å². The number of rotatable bonds is 2. The van der Waals surface area contributed by atoms with Crippen molar-refractivity contribution in [3.8, 4) is 0 Å². The summed E-state index contributed by atoms with van der Waals surface area (Å²) >= 11 is 10.9. The summed E-state index contributed by atoms with van der Waals surface area (Å²) in [6.07, 6.45) is 0. The van der Waals surface area contributed by atoms with Crippen LogP contribution in [0.2, 0.25) is 0 Å². The molecule has 0 N–H and O–H groups in total. The summed E-state index contributed by atoms with van der Waals surface area (Å²) in [6.45, 7) is 5.47. The first-order valence-corrected chi connectivity index (χ1v) is 3.01. The van der Waals surface area contributed by atoms with Crippen molar-refractivity contribution in [2.24, 2.45) is 0 Å². The van der Waals surface area contributed by atoms with Gasteiger partial charge >= 0.3 is 0 Å². The van der Waals surface area contributed by atoms with Gasteiger partial charge in [0.1, 0.15) is 0 Å². The molecule has 0 saturated heterocycles. The minimum atomic E-state index is -0.0540. The molecule has 0 nitrogen and oxygen atoms in total. The second-order valence-electron chi connectivity index (χ2n) is 1.47. The Bertz CT molecular complexity index is 68.5. The van der Waals surface area contributed by atoms with E-state index in [1.807, 2.05) is 6.92 Å². The van der Waals surface area contributed by atoms with Crippen molar-refractivity contribution in [3.63, 3.8) is 0 Å². The molecule has 0 aliphatic heterocycles. The second-order valence-corrected chi connectivity index (χ2v) is 2.30. The normalized spacial score (nSPS) is 13.6. The molecule has 0 amide bonds. The summed E-state index contributed by atoms with van der Waals surface area (Å²) in [7, 11) is 0. The lowest BCUT2D eigenvalue weighted by Crippen LogP contribution is -1.98. The maximum atomic E-state index is 5.57. The van der Waals surface area contributed by atoms with Crippen LogP contribution < -0.4 is 0 Å². The standard InChI is InChI=1S/C5H8Cl2/c1-4(2)5(7)3-6/h5H,1,3H2,2H3. The molecule has 7 heavy (non-hydrogen) atoms. The first kappa shape index (κ1) is 7.32. The van der Waals surface area contributed by atoms with Crippen LogP contribution in [0.15, 0.2) is 12.2 Å². The van der Waals surface area contributed by atoms with Crippen molar-refractivity contribution in [2.45, 2.75) is 12.3 Å². The zero-order chi connectivity index (χ0) is 5.86. The number of hydrogen-bond donors (Lipinski definition) is 0. The van der Waals surface area contributed by atoms with Gasteiger partial charge in [-0.2, -0.15) is 0 Å². The van der Waals surface area contributed by atoms with E-state index in [1.165, 1.54) is 0 Å². The molecular formula is C5H8Cl2. The van der Waals surface area contributed by atoms with Crippen LogP contribution in [-0.2, 0) is 0 Å². The highest BCUT2D eigenvalue weighted by atomic mass is 35.5. The molecule has 0 aliphatic rings. The van der Waals surface area contributed by atoms with Crippen LogP contribution in [0.1, 0.15) is 6.92 Å². The van der Waals surface area contributed by atoms with Gasteiger partial charge in [0, 0.05) is 5.88 Å². The molecule has 1 unspecified atom stereocenters. The van der Waals surface area contributed by atoms with Crippen LogP contribution in [0.3, 0.4) is 0 Å². The van der Waals surface area contributed by atoms with Crippen LogP contribution in [0, 0.1) is 0 Å². The van der Waals surface area contributed by atoms with E-state index in [2.05, 4.69) is 6.58 Å². The molecule has 0 fully saturated rings. The quantitative estimate of drug-likeness (QED) is 0.407. The topological polar surface area (TPSA) is 0 Å². The summed E-state index contributed by atoms with van der Waals surface area (Å²) in [5.74, 6) is 0.455. The van der Waals surface area contributed by atoms with Crippen molar-refractivity contribution < 1.29 is 0 Å². The van der Waals surface area contributed by atoms with Crippen molar-refractivity contribution in [2.75, 3.05) is 5.88 Å². The van der Waals surface area contributed by atoms with Gasteiger partial charge in [-0.25, -0.2) is 0 Å². The average molecular weight is 139 g/mol. The molecule has 0 rings (SSSR count). The van der Waals surface area contributed by atoms with Crippen LogP contribution >= 0.6 is 23.2 Å². The fraction of sp³-hybridized carbons (Fsp3) is 0.600. The molecule has 0 radical (unpaired) electrons. The van der Waals surface area contributed by atoms with E-state index in [-0.39, 0.29) is 5.38 Å². The summed E-state index contributed by atoms with van der Waals surface area (Å²) in [5.41, 5.74) is 0.927. The predicted octanol–water partition coefficient (Wildman–Crippen LogP) is 2.41. The SMILES string of the molecule is C=C(C)C(Cl)CCl. The number of halogens is 2. The molecule has 2 heteroatoms. The summed E-state index contributed by atoms with van der Waals surface area (Å²) in [4.78, 5) is 0. The molecule has 0 aliphatic carbocycles. The zero-order valence-corrected chi connectivity index (χ0v) is 5.76. The van der Waals surface area contributed by atoms with Gasteiger partial charge < -0.3 is 0 Å². The Morgan fingerprint density at radius 2 is 2.29 bits per heavy atom. The average Bonchev–Trinajstić information content (AvgIpc) is 1.65. The van der Waals surface area contributed by atoms with Crippen molar-refractivity contribution in [1.29, 1.82) is 0 Å². The number of alkyl halides is 2. The minimum absolute atomic E-state index is 0.0540. The van der Waals surface area contributed by atoms with E-state index < -0.39 is 0 Å². The number of allylic oxidation sites excluding steroid dienone is 1. The lowest BCUT2D eigenvalue weighted by Gasteiger charge is -1.99. The largest absolute Gasteiger partial charge is 0.125 e. The van der Waals surface area contributed by atoms with Gasteiger partial charge in [0.2, 0.25) is 0 Å². The van der Waals surface area contributed by atoms with E-state index in [0.717, 1.165) is 5.57 Å². The fourth-order valence-corrected chi connectivity index (χ4v) is 0.395. The molecule has 0 aromatic heterocycles. The van der Waals surface area contributed by atoms with Crippen molar-refractivity contribution in [3.05, 3.63) is 12.2 Å². The monoisotopic (exact) mass is 138 g/mol. The summed E-state index contributed by atoms with van der Waals surface area (Å²) < 4.78 is 0. The highest BCUT2D eigenvalue weighted by molar-refractivity contribution is 6.29. The molecule has 1 atom stereocenters. The lowest BCUT2D eigenvalue weighted by molar-refractivity contribution is 1.13. The molecule has 0 aromatic carbocycles. The third-order valence-electron chi connectivity index (χ3n) is 0.670. The zero-order valence-electron chi connectivity index (χ0n) is 4.25. The van der Waals surface area contributed by atoms with E-state index in [1.54, 1.807) is 0 Å². The second kappa shape index (κ2) is 3.34. The Labute approximate surface area is 54.1 Å². The van der Waals surface area contributed by atoms with E-state index in [0.29, 0.717) is 5.88 Å². The Kier molecular flexibility index (Phi) is 3.49. The Morgan fingerprint density at radius 3 is 2.29 bits per heavy atom. The van der Waals surface area contributed by atoms with E-state index in [4.69, 9.17) is 23.2 Å². The van der Waals surface area contributed by atoms with Crippen molar-refractivity contribution in [1.82, 2.24) is 0 Å². The Balaban J connectivity index is 3.34. The van der Waals surface area contributed by atoms with Gasteiger partial charge in [0.25, 0.3) is 0 Å². The molecular weight excluding hydrogens is 131 g/mol. The van der Waals surface area contributed by atoms with Gasteiger partial charge in [-0.05, 0) is 6.92 Å². The third-order valence-corrected chi connectivity index (χ3v) is 1.66.